The summed E-state index contributed by atoms with van der Waals surface area (Å²) in [4.78, 5) is 11.0. The Morgan fingerprint density at radius 2 is 2.42 bits per heavy atom. The second-order valence-electron chi connectivity index (χ2n) is 2.69. The molecule has 0 radical (unpaired) electrons. The van der Waals surface area contributed by atoms with Crippen LogP contribution in [0.25, 0.3) is 0 Å². The van der Waals surface area contributed by atoms with Gasteiger partial charge in [0.05, 0.1) is 6.10 Å². The third-order valence-corrected chi connectivity index (χ3v) is 1.58. The molecular weight excluding hydrogens is 154 g/mol. The lowest BCUT2D eigenvalue weighted by molar-refractivity contribution is -0.121. The molecule has 0 rings (SSSR count). The van der Waals surface area contributed by atoms with Crippen molar-refractivity contribution in [2.24, 2.45) is 0 Å². The van der Waals surface area contributed by atoms with Gasteiger partial charge in [0.1, 0.15) is 0 Å². The van der Waals surface area contributed by atoms with E-state index in [4.69, 9.17) is 5.11 Å². The molecular formula is C9H17NO2. The molecule has 1 amide bonds. The lowest BCUT2D eigenvalue weighted by atomic mass is 10.2. The lowest BCUT2D eigenvalue weighted by Gasteiger charge is -2.08. The zero-order chi connectivity index (χ0) is 9.40. The van der Waals surface area contributed by atoms with Gasteiger partial charge in [0.15, 0.2) is 0 Å². The van der Waals surface area contributed by atoms with Crippen LogP contribution < -0.4 is 5.32 Å². The van der Waals surface area contributed by atoms with Crippen molar-refractivity contribution >= 4 is 5.91 Å². The van der Waals surface area contributed by atoms with E-state index < -0.39 is 6.10 Å². The quantitative estimate of drug-likeness (QED) is 0.582. The van der Waals surface area contributed by atoms with Crippen molar-refractivity contribution in [3.05, 3.63) is 12.7 Å². The highest BCUT2D eigenvalue weighted by molar-refractivity contribution is 5.75. The first kappa shape index (κ1) is 11.2. The standard InChI is InChI=1S/C9H17NO2/c1-3-5-6-9(12)10-7-8(11)4-2/h3,8,11H,1,4-7H2,2H3,(H,10,12). The molecule has 0 aromatic carbocycles. The van der Waals surface area contributed by atoms with Crippen molar-refractivity contribution in [1.82, 2.24) is 5.32 Å². The molecule has 0 spiro atoms. The monoisotopic (exact) mass is 171 g/mol. The van der Waals surface area contributed by atoms with Crippen molar-refractivity contribution in [3.8, 4) is 0 Å². The van der Waals surface area contributed by atoms with Gasteiger partial charge in [0.25, 0.3) is 0 Å². The average Bonchev–Trinajstić information content (AvgIpc) is 2.10. The Labute approximate surface area is 73.5 Å². The van der Waals surface area contributed by atoms with Crippen LogP contribution in [0.2, 0.25) is 0 Å². The Kier molecular flexibility index (Phi) is 6.38. The minimum Gasteiger partial charge on any atom is -0.391 e. The zero-order valence-corrected chi connectivity index (χ0v) is 7.55. The number of aliphatic hydroxyl groups excluding tert-OH is 1. The maximum Gasteiger partial charge on any atom is 0.220 e. The summed E-state index contributed by atoms with van der Waals surface area (Å²) in [6.45, 7) is 5.74. The fraction of sp³-hybridized carbons (Fsp3) is 0.667. The first-order valence-electron chi connectivity index (χ1n) is 4.26. The molecule has 1 unspecified atom stereocenters. The Morgan fingerprint density at radius 3 is 2.92 bits per heavy atom. The van der Waals surface area contributed by atoms with Crippen molar-refractivity contribution in [2.45, 2.75) is 32.3 Å². The SMILES string of the molecule is C=CCCC(=O)NCC(O)CC. The molecule has 0 aliphatic carbocycles. The molecule has 2 N–H and O–H groups in total. The number of allylic oxidation sites excluding steroid dienone is 1. The van der Waals surface area contributed by atoms with E-state index in [9.17, 15) is 4.79 Å². The maximum absolute atomic E-state index is 11.0. The highest BCUT2D eigenvalue weighted by atomic mass is 16.3. The minimum atomic E-state index is -0.419. The van der Waals surface area contributed by atoms with Gasteiger partial charge in [-0.05, 0) is 12.8 Å². The number of carbonyl (C=O) groups is 1. The predicted octanol–water partition coefficient (Wildman–Crippen LogP) is 0.840. The van der Waals surface area contributed by atoms with Gasteiger partial charge in [-0.2, -0.15) is 0 Å². The third kappa shape index (κ3) is 5.92. The predicted molar refractivity (Wildman–Crippen MR) is 48.7 cm³/mol. The van der Waals surface area contributed by atoms with Crippen LogP contribution in [0.15, 0.2) is 12.7 Å². The van der Waals surface area contributed by atoms with Gasteiger partial charge >= 0.3 is 0 Å². The summed E-state index contributed by atoms with van der Waals surface area (Å²) in [7, 11) is 0. The van der Waals surface area contributed by atoms with Gasteiger partial charge in [-0.3, -0.25) is 4.79 Å². The van der Waals surface area contributed by atoms with Crippen molar-refractivity contribution in [3.63, 3.8) is 0 Å². The van der Waals surface area contributed by atoms with Crippen molar-refractivity contribution in [2.75, 3.05) is 6.54 Å². The molecule has 0 aromatic heterocycles. The fourth-order valence-corrected chi connectivity index (χ4v) is 0.698. The van der Waals surface area contributed by atoms with E-state index in [0.717, 1.165) is 0 Å². The molecule has 0 saturated heterocycles. The van der Waals surface area contributed by atoms with E-state index in [1.165, 1.54) is 0 Å². The largest absolute Gasteiger partial charge is 0.391 e. The summed E-state index contributed by atoms with van der Waals surface area (Å²) in [6, 6.07) is 0. The first-order valence-corrected chi connectivity index (χ1v) is 4.26. The van der Waals surface area contributed by atoms with Crippen LogP contribution in [-0.4, -0.2) is 23.7 Å². The molecule has 0 aliphatic rings. The van der Waals surface area contributed by atoms with E-state index in [0.29, 0.717) is 25.8 Å². The zero-order valence-electron chi connectivity index (χ0n) is 7.55. The summed E-state index contributed by atoms with van der Waals surface area (Å²) in [6.07, 6.45) is 3.10. The van der Waals surface area contributed by atoms with Crippen LogP contribution in [0.3, 0.4) is 0 Å². The Morgan fingerprint density at radius 1 is 1.75 bits per heavy atom. The molecule has 3 heteroatoms. The van der Waals surface area contributed by atoms with Crippen LogP contribution in [0.4, 0.5) is 0 Å². The molecule has 12 heavy (non-hydrogen) atoms. The number of aliphatic hydroxyl groups is 1. The van der Waals surface area contributed by atoms with E-state index in [1.807, 2.05) is 6.92 Å². The van der Waals surface area contributed by atoms with Crippen LogP contribution in [0.5, 0.6) is 0 Å². The highest BCUT2D eigenvalue weighted by Gasteiger charge is 2.03. The second kappa shape index (κ2) is 6.85. The first-order chi connectivity index (χ1) is 5.70. The average molecular weight is 171 g/mol. The molecule has 0 saturated carbocycles. The van der Waals surface area contributed by atoms with E-state index >= 15 is 0 Å². The highest BCUT2D eigenvalue weighted by Crippen LogP contribution is 1.90. The van der Waals surface area contributed by atoms with Crippen LogP contribution >= 0.6 is 0 Å². The van der Waals surface area contributed by atoms with Gasteiger partial charge in [0.2, 0.25) is 5.91 Å². The smallest absolute Gasteiger partial charge is 0.220 e. The van der Waals surface area contributed by atoms with E-state index in [2.05, 4.69) is 11.9 Å². The summed E-state index contributed by atoms with van der Waals surface area (Å²) in [5, 5.41) is 11.7. The topological polar surface area (TPSA) is 49.3 Å². The summed E-state index contributed by atoms with van der Waals surface area (Å²) in [5.74, 6) is -0.0256. The van der Waals surface area contributed by atoms with Gasteiger partial charge < -0.3 is 10.4 Å². The molecule has 0 fully saturated rings. The fourth-order valence-electron chi connectivity index (χ4n) is 0.698. The molecule has 3 nitrogen and oxygen atoms in total. The molecule has 1 atom stereocenters. The summed E-state index contributed by atoms with van der Waals surface area (Å²) >= 11 is 0. The van der Waals surface area contributed by atoms with Gasteiger partial charge in [-0.25, -0.2) is 0 Å². The number of rotatable bonds is 6. The van der Waals surface area contributed by atoms with Crippen LogP contribution in [0.1, 0.15) is 26.2 Å². The normalized spacial score (nSPS) is 12.2. The second-order valence-corrected chi connectivity index (χ2v) is 2.69. The van der Waals surface area contributed by atoms with Crippen molar-refractivity contribution < 1.29 is 9.90 Å². The van der Waals surface area contributed by atoms with Gasteiger partial charge in [0, 0.05) is 13.0 Å². The Hall–Kier alpha value is -0.830. The lowest BCUT2D eigenvalue weighted by Crippen LogP contribution is -2.31. The number of nitrogens with one attached hydrogen (secondary N) is 1. The molecule has 0 aliphatic heterocycles. The number of amides is 1. The molecule has 70 valence electrons. The van der Waals surface area contributed by atoms with E-state index in [1.54, 1.807) is 6.08 Å². The number of hydrogen-bond donors (Lipinski definition) is 2. The number of carbonyl (C=O) groups excluding carboxylic acids is 1. The number of hydrogen-bond acceptors (Lipinski definition) is 2. The molecule has 0 aromatic rings. The van der Waals surface area contributed by atoms with Crippen molar-refractivity contribution in [1.29, 1.82) is 0 Å². The maximum atomic E-state index is 11.0. The third-order valence-electron chi connectivity index (χ3n) is 1.58. The molecule has 0 heterocycles. The van der Waals surface area contributed by atoms with E-state index in [-0.39, 0.29) is 5.91 Å². The van der Waals surface area contributed by atoms with Crippen LogP contribution in [0, 0.1) is 0 Å². The van der Waals surface area contributed by atoms with Gasteiger partial charge in [-0.1, -0.05) is 13.0 Å². The summed E-state index contributed by atoms with van der Waals surface area (Å²) in [5.41, 5.74) is 0. The van der Waals surface area contributed by atoms with Gasteiger partial charge in [-0.15, -0.1) is 6.58 Å². The Bertz CT molecular complexity index is 145. The Balaban J connectivity index is 3.36. The minimum absolute atomic E-state index is 0.0256. The van der Waals surface area contributed by atoms with Crippen LogP contribution in [-0.2, 0) is 4.79 Å². The molecule has 0 bridgehead atoms. The summed E-state index contributed by atoms with van der Waals surface area (Å²) < 4.78 is 0.